The molecular weight excluding hydrogens is 394 g/mol. The third-order valence-electron chi connectivity index (χ3n) is 4.93. The first-order valence-corrected chi connectivity index (χ1v) is 9.69. The fourth-order valence-electron chi connectivity index (χ4n) is 3.42. The van der Waals surface area contributed by atoms with Gasteiger partial charge in [-0.25, -0.2) is 4.98 Å². The third kappa shape index (κ3) is 4.17. The van der Waals surface area contributed by atoms with Crippen molar-refractivity contribution in [3.8, 4) is 17.2 Å². The summed E-state index contributed by atoms with van der Waals surface area (Å²) in [7, 11) is 0. The van der Waals surface area contributed by atoms with E-state index < -0.39 is 0 Å². The second-order valence-corrected chi connectivity index (χ2v) is 7.37. The van der Waals surface area contributed by atoms with Gasteiger partial charge in [-0.15, -0.1) is 0 Å². The van der Waals surface area contributed by atoms with Crippen molar-refractivity contribution >= 4 is 29.0 Å². The van der Waals surface area contributed by atoms with Crippen LogP contribution >= 0.6 is 11.6 Å². The van der Waals surface area contributed by atoms with Crippen LogP contribution in [0.2, 0.25) is 5.02 Å². The highest BCUT2D eigenvalue weighted by atomic mass is 35.5. The molecule has 0 bridgehead atoms. The Morgan fingerprint density at radius 3 is 2.83 bits per heavy atom. The van der Waals surface area contributed by atoms with E-state index in [0.29, 0.717) is 48.4 Å². The predicted octanol–water partition coefficient (Wildman–Crippen LogP) is 3.65. The summed E-state index contributed by atoms with van der Waals surface area (Å²) in [6.45, 7) is 3.10. The van der Waals surface area contributed by atoms with Crippen LogP contribution in [0.3, 0.4) is 0 Å². The molecule has 1 aliphatic rings. The van der Waals surface area contributed by atoms with Gasteiger partial charge in [0.2, 0.25) is 5.91 Å². The molecule has 1 saturated heterocycles. The Morgan fingerprint density at radius 1 is 1.31 bits per heavy atom. The second kappa shape index (κ2) is 8.08. The maximum atomic E-state index is 12.6. The van der Waals surface area contributed by atoms with Crippen molar-refractivity contribution in [2.45, 2.75) is 19.8 Å². The van der Waals surface area contributed by atoms with Crippen LogP contribution in [0.15, 0.2) is 41.1 Å². The zero-order valence-corrected chi connectivity index (χ0v) is 16.6. The highest BCUT2D eigenvalue weighted by Crippen LogP contribution is 2.32. The van der Waals surface area contributed by atoms with Gasteiger partial charge in [0, 0.05) is 30.2 Å². The molecule has 0 spiro atoms. The second-order valence-electron chi connectivity index (χ2n) is 6.93. The van der Waals surface area contributed by atoms with Crippen molar-refractivity contribution in [2.24, 2.45) is 5.92 Å². The lowest BCUT2D eigenvalue weighted by atomic mass is 9.95. The van der Waals surface area contributed by atoms with Gasteiger partial charge in [-0.05, 0) is 50.1 Å². The van der Waals surface area contributed by atoms with Crippen molar-refractivity contribution < 1.29 is 14.4 Å². The van der Waals surface area contributed by atoms with Gasteiger partial charge >= 0.3 is 0 Å². The minimum absolute atomic E-state index is 0.00633. The molecule has 1 amide bonds. The highest BCUT2D eigenvalue weighted by molar-refractivity contribution is 6.31. The Morgan fingerprint density at radius 2 is 2.10 bits per heavy atom. The van der Waals surface area contributed by atoms with E-state index in [-0.39, 0.29) is 17.6 Å². The quantitative estimate of drug-likeness (QED) is 0.629. The van der Waals surface area contributed by atoms with Crippen LogP contribution in [0.5, 0.6) is 5.75 Å². The van der Waals surface area contributed by atoms with Gasteiger partial charge in [0.1, 0.15) is 11.6 Å². The topological polar surface area (TPSA) is 104 Å². The molecule has 0 atom stereocenters. The number of benzene rings is 1. The van der Waals surface area contributed by atoms with Crippen LogP contribution in [0.1, 0.15) is 18.7 Å². The van der Waals surface area contributed by atoms with Crippen LogP contribution in [-0.2, 0) is 4.79 Å². The number of pyridine rings is 1. The summed E-state index contributed by atoms with van der Waals surface area (Å²) in [5.41, 5.74) is 1.10. The normalized spacial score (nSPS) is 14.8. The predicted molar refractivity (Wildman–Crippen MR) is 109 cm³/mol. The molecule has 3 heterocycles. The fourth-order valence-corrected chi connectivity index (χ4v) is 3.59. The van der Waals surface area contributed by atoms with E-state index in [1.165, 1.54) is 12.1 Å². The van der Waals surface area contributed by atoms with Gasteiger partial charge < -0.3 is 19.8 Å². The molecule has 2 N–H and O–H groups in total. The van der Waals surface area contributed by atoms with Gasteiger partial charge in [-0.2, -0.15) is 4.98 Å². The summed E-state index contributed by atoms with van der Waals surface area (Å²) in [6, 6.07) is 8.30. The summed E-state index contributed by atoms with van der Waals surface area (Å²) in [5, 5.41) is 17.0. The number of aromatic hydroxyl groups is 1. The van der Waals surface area contributed by atoms with Gasteiger partial charge in [-0.3, -0.25) is 4.79 Å². The van der Waals surface area contributed by atoms with Crippen molar-refractivity contribution in [2.75, 3.05) is 23.3 Å². The number of carbonyl (C=O) groups excluding carboxylic acids is 1. The highest BCUT2D eigenvalue weighted by Gasteiger charge is 2.28. The average molecular weight is 414 g/mol. The molecule has 1 aromatic carbocycles. The van der Waals surface area contributed by atoms with Crippen molar-refractivity contribution in [1.29, 1.82) is 0 Å². The van der Waals surface area contributed by atoms with Crippen molar-refractivity contribution in [3.05, 3.63) is 47.4 Å². The van der Waals surface area contributed by atoms with Crippen molar-refractivity contribution in [3.63, 3.8) is 0 Å². The first-order valence-electron chi connectivity index (χ1n) is 9.31. The lowest BCUT2D eigenvalue weighted by molar-refractivity contribution is -0.120. The Hall–Kier alpha value is -3.13. The SMILES string of the molecule is Cc1noc(-c2cccnc2N2CCC(C(=O)Nc3cc(Cl)ccc3O)CC2)n1. The molecule has 0 unspecified atom stereocenters. The van der Waals surface area contributed by atoms with Gasteiger partial charge in [-0.1, -0.05) is 16.8 Å². The number of anilines is 2. The summed E-state index contributed by atoms with van der Waals surface area (Å²) < 4.78 is 5.30. The van der Waals surface area contributed by atoms with Crippen LogP contribution in [0.4, 0.5) is 11.5 Å². The molecule has 1 fully saturated rings. The zero-order valence-electron chi connectivity index (χ0n) is 15.8. The number of carbonyl (C=O) groups is 1. The largest absolute Gasteiger partial charge is 0.506 e. The number of hydrogen-bond donors (Lipinski definition) is 2. The smallest absolute Gasteiger partial charge is 0.261 e. The van der Waals surface area contributed by atoms with Crippen LogP contribution in [0.25, 0.3) is 11.5 Å². The number of aryl methyl sites for hydroxylation is 1. The summed E-state index contributed by atoms with van der Waals surface area (Å²) in [6.07, 6.45) is 3.04. The van der Waals surface area contributed by atoms with Crippen LogP contribution < -0.4 is 10.2 Å². The standard InChI is InChI=1S/C20H20ClN5O3/c1-12-23-20(29-25-12)15-3-2-8-22-18(15)26-9-6-13(7-10-26)19(28)24-16-11-14(21)4-5-17(16)27/h2-5,8,11,13,27H,6-7,9-10H2,1H3,(H,24,28). The number of rotatable bonds is 4. The molecule has 150 valence electrons. The molecule has 4 rings (SSSR count). The van der Waals surface area contributed by atoms with Crippen LogP contribution in [-0.4, -0.2) is 39.2 Å². The van der Waals surface area contributed by atoms with E-state index in [0.717, 1.165) is 11.4 Å². The number of phenols is 1. The fraction of sp³-hybridized carbons (Fsp3) is 0.300. The summed E-state index contributed by atoms with van der Waals surface area (Å²) in [5.74, 6) is 1.46. The minimum atomic E-state index is -0.164. The molecular formula is C20H20ClN5O3. The Labute approximate surface area is 172 Å². The lowest BCUT2D eigenvalue weighted by Crippen LogP contribution is -2.38. The maximum absolute atomic E-state index is 12.6. The molecule has 2 aromatic heterocycles. The number of hydrogen-bond acceptors (Lipinski definition) is 7. The Kier molecular flexibility index (Phi) is 5.35. The number of amides is 1. The van der Waals surface area contributed by atoms with Crippen LogP contribution in [0, 0.1) is 12.8 Å². The molecule has 3 aromatic rings. The number of aromatic nitrogens is 3. The molecule has 29 heavy (non-hydrogen) atoms. The van der Waals surface area contributed by atoms with Gasteiger partial charge in [0.25, 0.3) is 5.89 Å². The van der Waals surface area contributed by atoms with Crippen molar-refractivity contribution in [1.82, 2.24) is 15.1 Å². The first kappa shape index (κ1) is 19.2. The number of nitrogens with one attached hydrogen (secondary N) is 1. The van der Waals surface area contributed by atoms with E-state index in [1.807, 2.05) is 12.1 Å². The number of piperidine rings is 1. The number of phenolic OH excluding ortho intramolecular Hbond substituents is 1. The summed E-state index contributed by atoms with van der Waals surface area (Å²) >= 11 is 5.95. The lowest BCUT2D eigenvalue weighted by Gasteiger charge is -2.32. The number of halogens is 1. The van der Waals surface area contributed by atoms with E-state index >= 15 is 0 Å². The Bertz CT molecular complexity index is 1030. The molecule has 9 heteroatoms. The monoisotopic (exact) mass is 413 g/mol. The zero-order chi connectivity index (χ0) is 20.4. The molecule has 1 aliphatic heterocycles. The Balaban J connectivity index is 1.44. The first-order chi connectivity index (χ1) is 14.0. The van der Waals surface area contributed by atoms with E-state index in [9.17, 15) is 9.90 Å². The molecule has 0 radical (unpaired) electrons. The molecule has 0 aliphatic carbocycles. The molecule has 0 saturated carbocycles. The van der Waals surface area contributed by atoms with E-state index in [4.69, 9.17) is 16.1 Å². The van der Waals surface area contributed by atoms with E-state index in [2.05, 4.69) is 25.3 Å². The summed E-state index contributed by atoms with van der Waals surface area (Å²) in [4.78, 5) is 23.5. The minimum Gasteiger partial charge on any atom is -0.506 e. The third-order valence-corrected chi connectivity index (χ3v) is 5.16. The number of nitrogens with zero attached hydrogens (tertiary/aromatic N) is 4. The van der Waals surface area contributed by atoms with Gasteiger partial charge in [0.05, 0.1) is 11.3 Å². The average Bonchev–Trinajstić information content (AvgIpc) is 3.17. The maximum Gasteiger partial charge on any atom is 0.261 e. The molecule has 8 nitrogen and oxygen atoms in total. The van der Waals surface area contributed by atoms with Gasteiger partial charge in [0.15, 0.2) is 5.82 Å². The van der Waals surface area contributed by atoms with E-state index in [1.54, 1.807) is 19.2 Å².